The summed E-state index contributed by atoms with van der Waals surface area (Å²) in [5.74, 6) is 0. The average Bonchev–Trinajstić information content (AvgIpc) is 2.17. The molecule has 0 saturated heterocycles. The molecule has 0 spiro atoms. The molecule has 0 aromatic heterocycles. The van der Waals surface area contributed by atoms with E-state index in [1.165, 1.54) is 0 Å². The van der Waals surface area contributed by atoms with Crippen molar-refractivity contribution in [1.82, 2.24) is 0 Å². The highest BCUT2D eigenvalue weighted by Gasteiger charge is 2.25. The standard InChI is InChI=1S/C10H21NOS/c1-3-8(2)13(12)10-6-4-9(11)5-7-10/h8-10H,3-7,11H2,1-2H3. The van der Waals surface area contributed by atoms with E-state index in [4.69, 9.17) is 5.73 Å². The van der Waals surface area contributed by atoms with Gasteiger partial charge in [-0.25, -0.2) is 0 Å². The zero-order chi connectivity index (χ0) is 9.84. The third-order valence-electron chi connectivity index (χ3n) is 3.02. The highest BCUT2D eigenvalue weighted by molar-refractivity contribution is 7.86. The second kappa shape index (κ2) is 5.11. The molecular weight excluding hydrogens is 182 g/mol. The summed E-state index contributed by atoms with van der Waals surface area (Å²) in [7, 11) is -0.622. The molecule has 1 fully saturated rings. The van der Waals surface area contributed by atoms with Gasteiger partial charge in [0, 0.05) is 27.3 Å². The summed E-state index contributed by atoms with van der Waals surface area (Å²) in [5, 5.41) is 0.786. The first-order valence-electron chi connectivity index (χ1n) is 5.30. The Balaban J connectivity index is 2.40. The van der Waals surface area contributed by atoms with Crippen LogP contribution in [-0.4, -0.2) is 20.8 Å². The molecule has 1 rings (SSSR count). The Morgan fingerprint density at radius 2 is 1.92 bits per heavy atom. The van der Waals surface area contributed by atoms with Crippen molar-refractivity contribution >= 4 is 10.8 Å². The first kappa shape index (κ1) is 11.2. The van der Waals surface area contributed by atoms with Gasteiger partial charge in [-0.1, -0.05) is 13.8 Å². The number of hydrogen-bond acceptors (Lipinski definition) is 2. The minimum absolute atomic E-state index is 0.360. The van der Waals surface area contributed by atoms with Crippen molar-refractivity contribution in [3.05, 3.63) is 0 Å². The predicted octanol–water partition coefficient (Wildman–Crippen LogP) is 1.80. The van der Waals surface area contributed by atoms with Crippen molar-refractivity contribution in [1.29, 1.82) is 0 Å². The molecule has 1 aliphatic rings. The van der Waals surface area contributed by atoms with E-state index >= 15 is 0 Å². The molecule has 0 radical (unpaired) electrons. The monoisotopic (exact) mass is 203 g/mol. The molecule has 3 heteroatoms. The van der Waals surface area contributed by atoms with Gasteiger partial charge in [-0.05, 0) is 32.1 Å². The molecule has 2 N–H and O–H groups in total. The summed E-state index contributed by atoms with van der Waals surface area (Å²) in [5.41, 5.74) is 5.81. The van der Waals surface area contributed by atoms with Gasteiger partial charge in [0.15, 0.2) is 0 Å². The van der Waals surface area contributed by atoms with E-state index in [0.717, 1.165) is 32.1 Å². The van der Waals surface area contributed by atoms with Gasteiger partial charge in [0.2, 0.25) is 0 Å². The van der Waals surface area contributed by atoms with E-state index in [9.17, 15) is 4.21 Å². The van der Waals surface area contributed by atoms with Gasteiger partial charge in [-0.2, -0.15) is 0 Å². The van der Waals surface area contributed by atoms with Crippen molar-refractivity contribution in [2.75, 3.05) is 0 Å². The van der Waals surface area contributed by atoms with Gasteiger partial charge in [-0.15, -0.1) is 0 Å². The van der Waals surface area contributed by atoms with Gasteiger partial charge in [-0.3, -0.25) is 4.21 Å². The fraction of sp³-hybridized carbons (Fsp3) is 1.00. The fourth-order valence-electron chi connectivity index (χ4n) is 1.81. The zero-order valence-electron chi connectivity index (χ0n) is 8.66. The van der Waals surface area contributed by atoms with Gasteiger partial charge in [0.25, 0.3) is 0 Å². The minimum atomic E-state index is -0.622. The zero-order valence-corrected chi connectivity index (χ0v) is 9.48. The summed E-state index contributed by atoms with van der Waals surface area (Å²) in [6, 6.07) is 0.366. The molecule has 2 unspecified atom stereocenters. The Bertz CT molecular complexity index is 176. The summed E-state index contributed by atoms with van der Waals surface area (Å²) in [6.45, 7) is 4.20. The molecule has 1 saturated carbocycles. The Morgan fingerprint density at radius 3 is 2.38 bits per heavy atom. The average molecular weight is 203 g/mol. The molecule has 1 aliphatic carbocycles. The lowest BCUT2D eigenvalue weighted by molar-refractivity contribution is 0.443. The highest BCUT2D eigenvalue weighted by atomic mass is 32.2. The van der Waals surface area contributed by atoms with Crippen LogP contribution in [0.25, 0.3) is 0 Å². The largest absolute Gasteiger partial charge is 0.328 e. The molecule has 0 heterocycles. The molecule has 0 aromatic rings. The van der Waals surface area contributed by atoms with Gasteiger partial charge in [0.05, 0.1) is 0 Å². The minimum Gasteiger partial charge on any atom is -0.328 e. The maximum atomic E-state index is 11.9. The second-order valence-electron chi connectivity index (χ2n) is 4.08. The number of rotatable bonds is 3. The predicted molar refractivity (Wildman–Crippen MR) is 58.1 cm³/mol. The van der Waals surface area contributed by atoms with Crippen molar-refractivity contribution in [2.24, 2.45) is 5.73 Å². The summed E-state index contributed by atoms with van der Waals surface area (Å²) in [4.78, 5) is 0. The van der Waals surface area contributed by atoms with Crippen molar-refractivity contribution in [3.63, 3.8) is 0 Å². The Hall–Kier alpha value is 0.110. The topological polar surface area (TPSA) is 43.1 Å². The van der Waals surface area contributed by atoms with E-state index < -0.39 is 10.8 Å². The van der Waals surface area contributed by atoms with Crippen LogP contribution in [0.3, 0.4) is 0 Å². The van der Waals surface area contributed by atoms with Crippen LogP contribution in [0.15, 0.2) is 0 Å². The molecule has 0 aliphatic heterocycles. The summed E-state index contributed by atoms with van der Waals surface area (Å²) in [6.07, 6.45) is 5.28. The first-order chi connectivity index (χ1) is 6.15. The van der Waals surface area contributed by atoms with E-state index in [1.54, 1.807) is 0 Å². The van der Waals surface area contributed by atoms with E-state index in [2.05, 4.69) is 13.8 Å². The molecule has 0 aromatic carbocycles. The van der Waals surface area contributed by atoms with Crippen molar-refractivity contribution in [2.45, 2.75) is 62.5 Å². The quantitative estimate of drug-likeness (QED) is 0.760. The number of nitrogens with two attached hydrogens (primary N) is 1. The van der Waals surface area contributed by atoms with Crippen LogP contribution in [0.5, 0.6) is 0 Å². The van der Waals surface area contributed by atoms with E-state index in [-0.39, 0.29) is 0 Å². The van der Waals surface area contributed by atoms with E-state index in [1.807, 2.05) is 0 Å². The molecule has 0 bridgehead atoms. The van der Waals surface area contributed by atoms with Crippen LogP contribution in [-0.2, 0) is 10.8 Å². The van der Waals surface area contributed by atoms with Crippen LogP contribution in [0, 0.1) is 0 Å². The Morgan fingerprint density at radius 1 is 1.38 bits per heavy atom. The highest BCUT2D eigenvalue weighted by Crippen LogP contribution is 2.24. The first-order valence-corrected chi connectivity index (χ1v) is 6.57. The van der Waals surface area contributed by atoms with E-state index in [0.29, 0.717) is 16.5 Å². The molecular formula is C10H21NOS. The van der Waals surface area contributed by atoms with Crippen LogP contribution < -0.4 is 5.73 Å². The van der Waals surface area contributed by atoms with Crippen LogP contribution in [0.1, 0.15) is 46.0 Å². The van der Waals surface area contributed by atoms with Gasteiger partial charge in [0.1, 0.15) is 0 Å². The summed E-state index contributed by atoms with van der Waals surface area (Å²) < 4.78 is 11.9. The lowest BCUT2D eigenvalue weighted by atomic mass is 9.96. The molecule has 0 amide bonds. The third kappa shape index (κ3) is 3.06. The van der Waals surface area contributed by atoms with Crippen LogP contribution in [0.4, 0.5) is 0 Å². The normalized spacial score (nSPS) is 34.1. The maximum absolute atomic E-state index is 11.9. The molecule has 2 nitrogen and oxygen atoms in total. The van der Waals surface area contributed by atoms with Gasteiger partial charge < -0.3 is 5.73 Å². The van der Waals surface area contributed by atoms with Crippen LogP contribution >= 0.6 is 0 Å². The molecule has 2 atom stereocenters. The Kier molecular flexibility index (Phi) is 4.39. The SMILES string of the molecule is CCC(C)S(=O)C1CCC(N)CC1. The fourth-order valence-corrected chi connectivity index (χ4v) is 3.54. The number of hydrogen-bond donors (Lipinski definition) is 1. The lowest BCUT2D eigenvalue weighted by Crippen LogP contribution is -2.33. The second-order valence-corrected chi connectivity index (χ2v) is 6.21. The molecule has 13 heavy (non-hydrogen) atoms. The van der Waals surface area contributed by atoms with Gasteiger partial charge >= 0.3 is 0 Å². The van der Waals surface area contributed by atoms with Crippen molar-refractivity contribution < 1.29 is 4.21 Å². The third-order valence-corrected chi connectivity index (χ3v) is 5.27. The maximum Gasteiger partial charge on any atom is 0.0351 e. The Labute approximate surface area is 83.7 Å². The smallest absolute Gasteiger partial charge is 0.0351 e. The molecule has 78 valence electrons. The summed E-state index contributed by atoms with van der Waals surface area (Å²) >= 11 is 0. The van der Waals surface area contributed by atoms with Crippen molar-refractivity contribution in [3.8, 4) is 0 Å². The van der Waals surface area contributed by atoms with Crippen LogP contribution in [0.2, 0.25) is 0 Å². The lowest BCUT2D eigenvalue weighted by Gasteiger charge is -2.27.